The van der Waals surface area contributed by atoms with Crippen molar-refractivity contribution in [3.05, 3.63) is 53.9 Å². The molecule has 1 heterocycles. The molecule has 100 valence electrons. The fourth-order valence-electron chi connectivity index (χ4n) is 1.95. The summed E-state index contributed by atoms with van der Waals surface area (Å²) in [7, 11) is 1.98. The molecule has 0 atom stereocenters. The number of rotatable bonds is 5. The first-order chi connectivity index (χ1) is 9.20. The summed E-state index contributed by atoms with van der Waals surface area (Å²) < 4.78 is 2.01. The van der Waals surface area contributed by atoms with Gasteiger partial charge in [-0.3, -0.25) is 4.79 Å². The van der Waals surface area contributed by atoms with Crippen molar-refractivity contribution in [2.45, 2.75) is 17.9 Å². The van der Waals surface area contributed by atoms with Crippen LogP contribution in [0, 0.1) is 0 Å². The Hall–Kier alpha value is -1.68. The van der Waals surface area contributed by atoms with Crippen molar-refractivity contribution in [2.24, 2.45) is 7.05 Å². The van der Waals surface area contributed by atoms with Crippen molar-refractivity contribution >= 4 is 17.7 Å². The number of hydrogen-bond donors (Lipinski definition) is 1. The van der Waals surface area contributed by atoms with Gasteiger partial charge >= 0.3 is 0 Å². The zero-order valence-electron chi connectivity index (χ0n) is 11.2. The van der Waals surface area contributed by atoms with Crippen LogP contribution < -0.4 is 5.32 Å². The van der Waals surface area contributed by atoms with E-state index in [1.54, 1.807) is 11.8 Å². The number of benzene rings is 1. The minimum absolute atomic E-state index is 0.0581. The van der Waals surface area contributed by atoms with E-state index in [-0.39, 0.29) is 5.91 Å². The Morgan fingerprint density at radius 3 is 2.74 bits per heavy atom. The van der Waals surface area contributed by atoms with Gasteiger partial charge in [0, 0.05) is 23.8 Å². The van der Waals surface area contributed by atoms with Crippen LogP contribution in [0.3, 0.4) is 0 Å². The number of aromatic nitrogens is 1. The van der Waals surface area contributed by atoms with E-state index in [4.69, 9.17) is 0 Å². The van der Waals surface area contributed by atoms with E-state index in [2.05, 4.69) is 5.32 Å². The van der Waals surface area contributed by atoms with Gasteiger partial charge in [-0.1, -0.05) is 18.2 Å². The zero-order valence-corrected chi connectivity index (χ0v) is 12.0. The van der Waals surface area contributed by atoms with Gasteiger partial charge in [-0.25, -0.2) is 0 Å². The molecule has 3 nitrogen and oxygen atoms in total. The molecule has 0 aliphatic carbocycles. The van der Waals surface area contributed by atoms with Crippen LogP contribution >= 0.6 is 11.8 Å². The summed E-state index contributed by atoms with van der Waals surface area (Å²) in [6.07, 6.45) is 4.44. The van der Waals surface area contributed by atoms with Gasteiger partial charge in [-0.15, -0.1) is 11.8 Å². The number of nitrogens with one attached hydrogen (secondary N) is 1. The predicted molar refractivity (Wildman–Crippen MR) is 79.2 cm³/mol. The normalized spacial score (nSPS) is 10.4. The Labute approximate surface area is 118 Å². The lowest BCUT2D eigenvalue weighted by Crippen LogP contribution is -2.25. The van der Waals surface area contributed by atoms with E-state index in [1.165, 1.54) is 0 Å². The third-order valence-electron chi connectivity index (χ3n) is 3.06. The minimum Gasteiger partial charge on any atom is -0.353 e. The molecule has 4 heteroatoms. The first kappa shape index (κ1) is 13.7. The van der Waals surface area contributed by atoms with Gasteiger partial charge in [0.1, 0.15) is 0 Å². The Kier molecular flexibility index (Phi) is 4.68. The van der Waals surface area contributed by atoms with E-state index in [1.807, 2.05) is 60.5 Å². The van der Waals surface area contributed by atoms with E-state index in [9.17, 15) is 4.79 Å². The highest BCUT2D eigenvalue weighted by Crippen LogP contribution is 2.20. The summed E-state index contributed by atoms with van der Waals surface area (Å²) in [6.45, 7) is 0.573. The molecule has 0 spiro atoms. The van der Waals surface area contributed by atoms with E-state index in [0.29, 0.717) is 13.0 Å². The van der Waals surface area contributed by atoms with Crippen molar-refractivity contribution in [3.63, 3.8) is 0 Å². The molecule has 1 aromatic carbocycles. The van der Waals surface area contributed by atoms with Gasteiger partial charge in [-0.05, 0) is 30.0 Å². The Morgan fingerprint density at radius 1 is 1.26 bits per heavy atom. The maximum absolute atomic E-state index is 12.0. The quantitative estimate of drug-likeness (QED) is 0.850. The average molecular weight is 274 g/mol. The molecule has 1 amide bonds. The number of thioether (sulfide) groups is 1. The van der Waals surface area contributed by atoms with E-state index in [0.717, 1.165) is 16.2 Å². The molecule has 0 aliphatic rings. The molecular weight excluding hydrogens is 256 g/mol. The lowest BCUT2D eigenvalue weighted by Gasteiger charge is -2.09. The summed E-state index contributed by atoms with van der Waals surface area (Å²) >= 11 is 1.67. The third kappa shape index (κ3) is 3.64. The topological polar surface area (TPSA) is 34.0 Å². The number of nitrogens with zero attached hydrogens (tertiary/aromatic N) is 1. The lowest BCUT2D eigenvalue weighted by molar-refractivity contribution is -0.120. The summed E-state index contributed by atoms with van der Waals surface area (Å²) in [5, 5.41) is 2.96. The number of amides is 1. The smallest absolute Gasteiger partial charge is 0.224 e. The molecule has 0 saturated carbocycles. The molecule has 0 bridgehead atoms. The first-order valence-electron chi connectivity index (χ1n) is 6.19. The fraction of sp³-hybridized carbons (Fsp3) is 0.267. The number of carbonyl (C=O) groups excluding carboxylic acids is 1. The molecule has 19 heavy (non-hydrogen) atoms. The van der Waals surface area contributed by atoms with Gasteiger partial charge in [0.25, 0.3) is 0 Å². The van der Waals surface area contributed by atoms with Gasteiger partial charge in [-0.2, -0.15) is 0 Å². The van der Waals surface area contributed by atoms with Crippen molar-refractivity contribution in [1.29, 1.82) is 0 Å². The number of aryl methyl sites for hydroxylation is 1. The average Bonchev–Trinajstić information content (AvgIpc) is 2.82. The molecule has 1 N–H and O–H groups in total. The Balaban J connectivity index is 1.93. The SMILES string of the molecule is CSc1ccccc1CC(=O)NCc1cccn1C. The molecule has 2 rings (SSSR count). The lowest BCUT2D eigenvalue weighted by atomic mass is 10.1. The number of carbonyl (C=O) groups is 1. The highest BCUT2D eigenvalue weighted by atomic mass is 32.2. The van der Waals surface area contributed by atoms with Crippen LogP contribution in [0.15, 0.2) is 47.5 Å². The van der Waals surface area contributed by atoms with Crippen LogP contribution in [0.1, 0.15) is 11.3 Å². The van der Waals surface area contributed by atoms with Gasteiger partial charge in [0.05, 0.1) is 13.0 Å². The first-order valence-corrected chi connectivity index (χ1v) is 7.42. The second-order valence-electron chi connectivity index (χ2n) is 4.38. The van der Waals surface area contributed by atoms with Crippen LogP contribution in [0.5, 0.6) is 0 Å². The van der Waals surface area contributed by atoms with E-state index < -0.39 is 0 Å². The molecule has 0 radical (unpaired) electrons. The van der Waals surface area contributed by atoms with Crippen LogP contribution in [-0.2, 0) is 24.8 Å². The second kappa shape index (κ2) is 6.48. The highest BCUT2D eigenvalue weighted by molar-refractivity contribution is 7.98. The molecule has 0 saturated heterocycles. The zero-order chi connectivity index (χ0) is 13.7. The van der Waals surface area contributed by atoms with Gasteiger partial charge in [0.15, 0.2) is 0 Å². The summed E-state index contributed by atoms with van der Waals surface area (Å²) in [5.74, 6) is 0.0581. The second-order valence-corrected chi connectivity index (χ2v) is 5.22. The van der Waals surface area contributed by atoms with Crippen molar-refractivity contribution in [3.8, 4) is 0 Å². The number of hydrogen-bond acceptors (Lipinski definition) is 2. The van der Waals surface area contributed by atoms with Crippen LogP contribution in [0.4, 0.5) is 0 Å². The minimum atomic E-state index is 0.0581. The van der Waals surface area contributed by atoms with Crippen LogP contribution in [-0.4, -0.2) is 16.7 Å². The molecular formula is C15H18N2OS. The summed E-state index contributed by atoms with van der Waals surface area (Å²) in [6, 6.07) is 12.0. The van der Waals surface area contributed by atoms with Crippen LogP contribution in [0.25, 0.3) is 0 Å². The molecule has 1 aromatic heterocycles. The largest absolute Gasteiger partial charge is 0.353 e. The van der Waals surface area contributed by atoms with Crippen LogP contribution in [0.2, 0.25) is 0 Å². The Bertz CT molecular complexity index is 563. The van der Waals surface area contributed by atoms with Gasteiger partial charge < -0.3 is 9.88 Å². The summed E-state index contributed by atoms with van der Waals surface area (Å²) in [5.41, 5.74) is 2.19. The molecule has 0 fully saturated rings. The van der Waals surface area contributed by atoms with Crippen molar-refractivity contribution in [1.82, 2.24) is 9.88 Å². The molecule has 0 aliphatic heterocycles. The molecule has 2 aromatic rings. The monoisotopic (exact) mass is 274 g/mol. The Morgan fingerprint density at radius 2 is 2.05 bits per heavy atom. The molecule has 0 unspecified atom stereocenters. The summed E-state index contributed by atoms with van der Waals surface area (Å²) in [4.78, 5) is 13.1. The highest BCUT2D eigenvalue weighted by Gasteiger charge is 2.07. The fourth-order valence-corrected chi connectivity index (χ4v) is 2.57. The standard InChI is InChI=1S/C15H18N2OS/c1-17-9-5-7-13(17)11-16-15(18)10-12-6-3-4-8-14(12)19-2/h3-9H,10-11H2,1-2H3,(H,16,18). The van der Waals surface area contributed by atoms with Crippen molar-refractivity contribution in [2.75, 3.05) is 6.26 Å². The third-order valence-corrected chi connectivity index (χ3v) is 3.90. The van der Waals surface area contributed by atoms with Crippen molar-refractivity contribution < 1.29 is 4.79 Å². The maximum atomic E-state index is 12.0. The predicted octanol–water partition coefficient (Wildman–Crippen LogP) is 2.61. The van der Waals surface area contributed by atoms with E-state index >= 15 is 0 Å². The van der Waals surface area contributed by atoms with Gasteiger partial charge in [0.2, 0.25) is 5.91 Å². The maximum Gasteiger partial charge on any atom is 0.224 e.